The van der Waals surface area contributed by atoms with E-state index in [9.17, 15) is 13.2 Å². The predicted octanol–water partition coefficient (Wildman–Crippen LogP) is 2.95. The van der Waals surface area contributed by atoms with Gasteiger partial charge < -0.3 is 5.32 Å². The Morgan fingerprint density at radius 3 is 2.45 bits per heavy atom. The minimum atomic E-state index is -3.73. The number of carbonyl (C=O) groups excluding carboxylic acids is 1. The maximum absolute atomic E-state index is 12.6. The first-order chi connectivity index (χ1) is 13.8. The van der Waals surface area contributed by atoms with Crippen LogP contribution >= 0.6 is 11.3 Å². The Labute approximate surface area is 171 Å². The van der Waals surface area contributed by atoms with Crippen molar-refractivity contribution in [2.24, 2.45) is 5.14 Å². The number of aromatic nitrogens is 2. The Hall–Kier alpha value is -3.01. The SMILES string of the molecule is Cc1c(C(=O)NCc2ccc(S(N)(=O)=O)cc2)sc2nc(-c3ccccc3)cn12. The molecule has 9 heteroatoms. The third-order valence-electron chi connectivity index (χ3n) is 4.54. The number of thiazole rings is 1. The number of rotatable bonds is 5. The normalized spacial score (nSPS) is 11.7. The van der Waals surface area contributed by atoms with Crippen LogP contribution in [0.4, 0.5) is 0 Å². The van der Waals surface area contributed by atoms with Crippen LogP contribution in [0, 0.1) is 6.92 Å². The number of primary sulfonamides is 1. The van der Waals surface area contributed by atoms with Gasteiger partial charge in [0.05, 0.1) is 10.6 Å². The highest BCUT2D eigenvalue weighted by Gasteiger charge is 2.18. The number of hydrogen-bond acceptors (Lipinski definition) is 5. The fourth-order valence-corrected chi connectivity index (χ4v) is 4.51. The molecule has 7 nitrogen and oxygen atoms in total. The van der Waals surface area contributed by atoms with E-state index in [4.69, 9.17) is 5.14 Å². The van der Waals surface area contributed by atoms with Gasteiger partial charge in [0.25, 0.3) is 5.91 Å². The molecule has 1 amide bonds. The Morgan fingerprint density at radius 1 is 1.14 bits per heavy atom. The standard InChI is InChI=1S/C20H18N4O3S2/c1-13-18(19(25)22-11-14-7-9-16(10-8-14)29(21,26)27)28-20-23-17(12-24(13)20)15-5-3-2-4-6-15/h2-10,12H,11H2,1H3,(H,22,25)(H2,21,26,27). The summed E-state index contributed by atoms with van der Waals surface area (Å²) in [4.78, 5) is 18.6. The minimum absolute atomic E-state index is 0.0390. The molecule has 0 radical (unpaired) electrons. The summed E-state index contributed by atoms with van der Waals surface area (Å²) in [5.41, 5.74) is 3.48. The lowest BCUT2D eigenvalue weighted by molar-refractivity contribution is 0.0954. The number of carbonyl (C=O) groups is 1. The van der Waals surface area contributed by atoms with Crippen molar-refractivity contribution in [3.8, 4) is 11.3 Å². The molecule has 0 unspecified atom stereocenters. The summed E-state index contributed by atoms with van der Waals surface area (Å²) in [6.45, 7) is 2.16. The molecule has 2 aromatic heterocycles. The van der Waals surface area contributed by atoms with E-state index in [1.54, 1.807) is 12.1 Å². The van der Waals surface area contributed by atoms with Gasteiger partial charge in [0.2, 0.25) is 10.0 Å². The fraction of sp³-hybridized carbons (Fsp3) is 0.100. The second-order valence-electron chi connectivity index (χ2n) is 6.53. The van der Waals surface area contributed by atoms with E-state index < -0.39 is 10.0 Å². The van der Waals surface area contributed by atoms with Gasteiger partial charge in [-0.3, -0.25) is 9.20 Å². The Kier molecular flexibility index (Phi) is 4.95. The van der Waals surface area contributed by atoms with Gasteiger partial charge in [-0.2, -0.15) is 0 Å². The molecule has 0 saturated carbocycles. The Balaban J connectivity index is 1.50. The highest BCUT2D eigenvalue weighted by Crippen LogP contribution is 2.27. The van der Waals surface area contributed by atoms with E-state index in [2.05, 4.69) is 10.3 Å². The number of benzene rings is 2. The number of nitrogens with two attached hydrogens (primary N) is 1. The van der Waals surface area contributed by atoms with Crippen LogP contribution < -0.4 is 10.5 Å². The maximum Gasteiger partial charge on any atom is 0.263 e. The van der Waals surface area contributed by atoms with Gasteiger partial charge in [-0.25, -0.2) is 18.5 Å². The van der Waals surface area contributed by atoms with E-state index in [0.29, 0.717) is 4.88 Å². The van der Waals surface area contributed by atoms with Gasteiger partial charge in [-0.05, 0) is 24.6 Å². The Bertz CT molecular complexity index is 1290. The third-order valence-corrected chi connectivity index (χ3v) is 6.62. The molecule has 2 aromatic carbocycles. The smallest absolute Gasteiger partial charge is 0.263 e. The molecule has 0 bridgehead atoms. The molecule has 3 N–H and O–H groups in total. The number of sulfonamides is 1. The lowest BCUT2D eigenvalue weighted by Gasteiger charge is -2.06. The highest BCUT2D eigenvalue weighted by molar-refractivity contribution is 7.89. The molecule has 148 valence electrons. The summed E-state index contributed by atoms with van der Waals surface area (Å²) in [5.74, 6) is -0.199. The number of fused-ring (bicyclic) bond motifs is 1. The molecule has 29 heavy (non-hydrogen) atoms. The van der Waals surface area contributed by atoms with Gasteiger partial charge in [0.15, 0.2) is 4.96 Å². The van der Waals surface area contributed by atoms with Gasteiger partial charge in [0.1, 0.15) is 4.88 Å². The number of imidazole rings is 1. The fourth-order valence-electron chi connectivity index (χ4n) is 2.97. The zero-order valence-electron chi connectivity index (χ0n) is 15.5. The summed E-state index contributed by atoms with van der Waals surface area (Å²) < 4.78 is 24.5. The van der Waals surface area contributed by atoms with Crippen molar-refractivity contribution in [2.45, 2.75) is 18.4 Å². The average Bonchev–Trinajstić information content (AvgIpc) is 3.26. The van der Waals surface area contributed by atoms with E-state index in [0.717, 1.165) is 27.5 Å². The summed E-state index contributed by atoms with van der Waals surface area (Å²) in [5, 5.41) is 7.95. The van der Waals surface area contributed by atoms with Crippen molar-refractivity contribution in [1.82, 2.24) is 14.7 Å². The number of amides is 1. The number of aryl methyl sites for hydroxylation is 1. The molecule has 4 rings (SSSR count). The van der Waals surface area contributed by atoms with Crippen molar-refractivity contribution in [3.63, 3.8) is 0 Å². The number of hydrogen-bond donors (Lipinski definition) is 2. The van der Waals surface area contributed by atoms with Crippen LogP contribution in [0.2, 0.25) is 0 Å². The van der Waals surface area contributed by atoms with Gasteiger partial charge in [0, 0.05) is 24.0 Å². The Morgan fingerprint density at radius 2 is 1.83 bits per heavy atom. The van der Waals surface area contributed by atoms with Crippen LogP contribution in [0.5, 0.6) is 0 Å². The molecule has 0 fully saturated rings. The van der Waals surface area contributed by atoms with E-state index >= 15 is 0 Å². The van der Waals surface area contributed by atoms with Crippen LogP contribution in [-0.2, 0) is 16.6 Å². The average molecular weight is 427 g/mol. The van der Waals surface area contributed by atoms with Crippen LogP contribution in [0.15, 0.2) is 65.7 Å². The molecule has 0 saturated heterocycles. The first-order valence-electron chi connectivity index (χ1n) is 8.77. The predicted molar refractivity (Wildman–Crippen MR) is 112 cm³/mol. The molecular weight excluding hydrogens is 408 g/mol. The van der Waals surface area contributed by atoms with E-state index in [-0.39, 0.29) is 17.3 Å². The lowest BCUT2D eigenvalue weighted by atomic mass is 10.2. The van der Waals surface area contributed by atoms with Crippen molar-refractivity contribution in [1.29, 1.82) is 0 Å². The topological polar surface area (TPSA) is 107 Å². The first-order valence-corrected chi connectivity index (χ1v) is 11.1. The van der Waals surface area contributed by atoms with Crippen molar-refractivity contribution < 1.29 is 13.2 Å². The van der Waals surface area contributed by atoms with Crippen molar-refractivity contribution in [2.75, 3.05) is 0 Å². The maximum atomic E-state index is 12.6. The van der Waals surface area contributed by atoms with Gasteiger partial charge in [-0.15, -0.1) is 0 Å². The molecule has 0 aliphatic carbocycles. The summed E-state index contributed by atoms with van der Waals surface area (Å²) in [7, 11) is -3.73. The van der Waals surface area contributed by atoms with Crippen LogP contribution in [-0.4, -0.2) is 23.7 Å². The monoisotopic (exact) mass is 426 g/mol. The quantitative estimate of drug-likeness (QED) is 0.512. The molecule has 0 spiro atoms. The second kappa shape index (κ2) is 7.43. The molecule has 0 aliphatic heterocycles. The van der Waals surface area contributed by atoms with Crippen molar-refractivity contribution in [3.05, 3.63) is 76.9 Å². The lowest BCUT2D eigenvalue weighted by Crippen LogP contribution is -2.22. The molecule has 4 aromatic rings. The van der Waals surface area contributed by atoms with Gasteiger partial charge in [-0.1, -0.05) is 53.8 Å². The van der Waals surface area contributed by atoms with Gasteiger partial charge >= 0.3 is 0 Å². The largest absolute Gasteiger partial charge is 0.347 e. The highest BCUT2D eigenvalue weighted by atomic mass is 32.2. The molecule has 0 aliphatic rings. The minimum Gasteiger partial charge on any atom is -0.347 e. The van der Waals surface area contributed by atoms with Crippen LogP contribution in [0.3, 0.4) is 0 Å². The summed E-state index contributed by atoms with van der Waals surface area (Å²) in [6.07, 6.45) is 1.93. The number of nitrogens with one attached hydrogen (secondary N) is 1. The molecule has 0 atom stereocenters. The number of nitrogens with zero attached hydrogens (tertiary/aromatic N) is 2. The summed E-state index contributed by atoms with van der Waals surface area (Å²) >= 11 is 1.33. The third kappa shape index (κ3) is 3.93. The van der Waals surface area contributed by atoms with E-state index in [1.165, 1.54) is 23.5 Å². The van der Waals surface area contributed by atoms with E-state index in [1.807, 2.05) is 47.9 Å². The first kappa shape index (κ1) is 19.3. The zero-order chi connectivity index (χ0) is 20.6. The van der Waals surface area contributed by atoms with Crippen molar-refractivity contribution >= 4 is 32.2 Å². The zero-order valence-corrected chi connectivity index (χ0v) is 17.1. The molecular formula is C20H18N4O3S2. The second-order valence-corrected chi connectivity index (χ2v) is 9.07. The summed E-state index contributed by atoms with van der Waals surface area (Å²) in [6, 6.07) is 16.0. The van der Waals surface area contributed by atoms with Crippen LogP contribution in [0.25, 0.3) is 16.2 Å². The molecule has 2 heterocycles. The van der Waals surface area contributed by atoms with Crippen LogP contribution in [0.1, 0.15) is 20.9 Å².